The second-order valence-electron chi connectivity index (χ2n) is 5.30. The maximum atomic E-state index is 7.72. The zero-order valence-electron chi connectivity index (χ0n) is 11.2. The summed E-state index contributed by atoms with van der Waals surface area (Å²) in [6.07, 6.45) is 4.09. The summed E-state index contributed by atoms with van der Waals surface area (Å²) >= 11 is 6.34. The summed E-state index contributed by atoms with van der Waals surface area (Å²) in [7, 11) is 0. The first-order chi connectivity index (χ1) is 9.66. The lowest BCUT2D eigenvalue weighted by atomic mass is 10.0. The van der Waals surface area contributed by atoms with Gasteiger partial charge in [-0.1, -0.05) is 23.7 Å². The first kappa shape index (κ1) is 13.5. The van der Waals surface area contributed by atoms with Crippen LogP contribution in [-0.4, -0.2) is 23.6 Å². The van der Waals surface area contributed by atoms with Crippen molar-refractivity contribution in [2.45, 2.75) is 19.4 Å². The Morgan fingerprint density at radius 1 is 1.40 bits per heavy atom. The summed E-state index contributed by atoms with van der Waals surface area (Å²) in [4.78, 5) is 0. The summed E-state index contributed by atoms with van der Waals surface area (Å²) in [5, 5.41) is 9.39. The highest BCUT2D eigenvalue weighted by Crippen LogP contribution is 2.29. The summed E-state index contributed by atoms with van der Waals surface area (Å²) in [5.74, 6) is 0.679. The molecule has 1 fully saturated rings. The van der Waals surface area contributed by atoms with Gasteiger partial charge in [-0.05, 0) is 24.8 Å². The molecule has 3 rings (SSSR count). The molecule has 1 aromatic heterocycles. The van der Waals surface area contributed by atoms with Gasteiger partial charge in [0.1, 0.15) is 5.84 Å². The van der Waals surface area contributed by atoms with Gasteiger partial charge in [-0.2, -0.15) is 0 Å². The average molecular weight is 292 g/mol. The van der Waals surface area contributed by atoms with Gasteiger partial charge in [0.2, 0.25) is 0 Å². The molecule has 4 nitrogen and oxygen atoms in total. The zero-order valence-corrected chi connectivity index (χ0v) is 12.0. The van der Waals surface area contributed by atoms with E-state index in [-0.39, 0.29) is 5.84 Å². The number of para-hydroxylation sites is 1. The third-order valence-electron chi connectivity index (χ3n) is 3.94. The Morgan fingerprint density at radius 3 is 2.85 bits per heavy atom. The van der Waals surface area contributed by atoms with E-state index in [1.807, 2.05) is 24.4 Å². The second-order valence-corrected chi connectivity index (χ2v) is 5.71. The fourth-order valence-electron chi connectivity index (χ4n) is 2.88. The van der Waals surface area contributed by atoms with Crippen molar-refractivity contribution in [1.29, 1.82) is 5.41 Å². The molecule has 106 valence electrons. The van der Waals surface area contributed by atoms with E-state index < -0.39 is 0 Å². The standard InChI is InChI=1S/C15H18ClN3O/c16-13-3-1-2-11-12(15(17)18)9-19(14(11)13)8-10-4-6-20-7-5-10/h1-3,9-10H,4-8H2,(H3,17,18). The highest BCUT2D eigenvalue weighted by molar-refractivity contribution is 6.35. The van der Waals surface area contributed by atoms with E-state index in [0.29, 0.717) is 10.9 Å². The predicted molar refractivity (Wildman–Crippen MR) is 81.5 cm³/mol. The number of nitrogen functional groups attached to an aromatic ring is 1. The lowest BCUT2D eigenvalue weighted by Gasteiger charge is -2.23. The normalized spacial score (nSPS) is 16.6. The number of aromatic nitrogens is 1. The SMILES string of the molecule is N=C(N)c1cn(CC2CCOCC2)c2c(Cl)cccc12. The van der Waals surface area contributed by atoms with Gasteiger partial charge in [0.05, 0.1) is 10.5 Å². The van der Waals surface area contributed by atoms with Gasteiger partial charge in [-0.3, -0.25) is 5.41 Å². The fourth-order valence-corrected chi connectivity index (χ4v) is 3.16. The molecule has 1 aliphatic heterocycles. The minimum absolute atomic E-state index is 0.0861. The first-order valence-electron chi connectivity index (χ1n) is 6.86. The van der Waals surface area contributed by atoms with Crippen LogP contribution in [0.1, 0.15) is 18.4 Å². The van der Waals surface area contributed by atoms with Crippen LogP contribution in [0.25, 0.3) is 10.9 Å². The van der Waals surface area contributed by atoms with Crippen LogP contribution in [0.5, 0.6) is 0 Å². The summed E-state index contributed by atoms with van der Waals surface area (Å²) < 4.78 is 7.55. The van der Waals surface area contributed by atoms with Crippen molar-refractivity contribution in [1.82, 2.24) is 4.57 Å². The number of hydrogen-bond donors (Lipinski definition) is 2. The van der Waals surface area contributed by atoms with Crippen LogP contribution < -0.4 is 5.73 Å². The van der Waals surface area contributed by atoms with Gasteiger partial charge in [-0.15, -0.1) is 0 Å². The maximum absolute atomic E-state index is 7.72. The number of hydrogen-bond acceptors (Lipinski definition) is 2. The van der Waals surface area contributed by atoms with Gasteiger partial charge >= 0.3 is 0 Å². The van der Waals surface area contributed by atoms with Gasteiger partial charge in [-0.25, -0.2) is 0 Å². The molecule has 0 amide bonds. The molecule has 0 aliphatic carbocycles. The van der Waals surface area contributed by atoms with E-state index in [0.717, 1.165) is 49.1 Å². The number of benzene rings is 1. The quantitative estimate of drug-likeness (QED) is 0.674. The van der Waals surface area contributed by atoms with Crippen LogP contribution in [0.3, 0.4) is 0 Å². The fraction of sp³-hybridized carbons (Fsp3) is 0.400. The molecule has 1 aromatic carbocycles. The van der Waals surface area contributed by atoms with Crippen molar-refractivity contribution in [3.63, 3.8) is 0 Å². The van der Waals surface area contributed by atoms with Crippen LogP contribution in [-0.2, 0) is 11.3 Å². The lowest BCUT2D eigenvalue weighted by molar-refractivity contribution is 0.0616. The second kappa shape index (κ2) is 5.46. The molecule has 2 heterocycles. The van der Waals surface area contributed by atoms with Crippen LogP contribution in [0.2, 0.25) is 5.02 Å². The van der Waals surface area contributed by atoms with Crippen molar-refractivity contribution in [2.24, 2.45) is 11.7 Å². The number of nitrogens with one attached hydrogen (secondary N) is 1. The van der Waals surface area contributed by atoms with Crippen molar-refractivity contribution in [2.75, 3.05) is 13.2 Å². The number of fused-ring (bicyclic) bond motifs is 1. The topological polar surface area (TPSA) is 64.0 Å². The Hall–Kier alpha value is -1.52. The number of nitrogens with two attached hydrogens (primary N) is 1. The molecule has 1 saturated heterocycles. The Balaban J connectivity index is 2.03. The molecule has 2 aromatic rings. The highest BCUT2D eigenvalue weighted by atomic mass is 35.5. The third kappa shape index (κ3) is 2.41. The van der Waals surface area contributed by atoms with Crippen molar-refractivity contribution >= 4 is 28.3 Å². The van der Waals surface area contributed by atoms with Crippen LogP contribution in [0, 0.1) is 11.3 Å². The highest BCUT2D eigenvalue weighted by Gasteiger charge is 2.18. The van der Waals surface area contributed by atoms with Crippen molar-refractivity contribution in [3.8, 4) is 0 Å². The van der Waals surface area contributed by atoms with Crippen LogP contribution in [0.4, 0.5) is 0 Å². The van der Waals surface area contributed by atoms with Gasteiger partial charge in [0, 0.05) is 36.9 Å². The van der Waals surface area contributed by atoms with Crippen molar-refractivity contribution < 1.29 is 4.74 Å². The molecule has 0 radical (unpaired) electrons. The molecule has 0 bridgehead atoms. The number of nitrogens with zero attached hydrogens (tertiary/aromatic N) is 1. The average Bonchev–Trinajstić information content (AvgIpc) is 2.80. The van der Waals surface area contributed by atoms with Gasteiger partial charge in [0.25, 0.3) is 0 Å². The van der Waals surface area contributed by atoms with E-state index in [2.05, 4.69) is 4.57 Å². The van der Waals surface area contributed by atoms with E-state index >= 15 is 0 Å². The molecule has 0 atom stereocenters. The van der Waals surface area contributed by atoms with E-state index in [1.54, 1.807) is 0 Å². The van der Waals surface area contributed by atoms with E-state index in [4.69, 9.17) is 27.5 Å². The van der Waals surface area contributed by atoms with E-state index in [9.17, 15) is 0 Å². The third-order valence-corrected chi connectivity index (χ3v) is 4.24. The predicted octanol–water partition coefficient (Wildman–Crippen LogP) is 3.01. The summed E-state index contributed by atoms with van der Waals surface area (Å²) in [5.41, 5.74) is 7.42. The Morgan fingerprint density at radius 2 is 2.15 bits per heavy atom. The first-order valence-corrected chi connectivity index (χ1v) is 7.24. The minimum atomic E-state index is 0.0861. The monoisotopic (exact) mass is 291 g/mol. The molecule has 1 aliphatic rings. The molecule has 5 heteroatoms. The Bertz CT molecular complexity index is 644. The van der Waals surface area contributed by atoms with Crippen LogP contribution >= 0.6 is 11.6 Å². The van der Waals surface area contributed by atoms with Crippen molar-refractivity contribution in [3.05, 3.63) is 35.0 Å². The number of halogens is 1. The number of ether oxygens (including phenoxy) is 1. The molecule has 20 heavy (non-hydrogen) atoms. The molecule has 0 spiro atoms. The molecular formula is C15H18ClN3O. The van der Waals surface area contributed by atoms with Gasteiger partial charge in [0.15, 0.2) is 0 Å². The maximum Gasteiger partial charge on any atom is 0.124 e. The lowest BCUT2D eigenvalue weighted by Crippen LogP contribution is -2.20. The Labute approximate surface area is 123 Å². The molecule has 0 saturated carbocycles. The Kier molecular flexibility index (Phi) is 3.68. The summed E-state index contributed by atoms with van der Waals surface area (Å²) in [6.45, 7) is 2.56. The van der Waals surface area contributed by atoms with E-state index in [1.165, 1.54) is 0 Å². The zero-order chi connectivity index (χ0) is 14.1. The molecule has 0 unspecified atom stereocenters. The minimum Gasteiger partial charge on any atom is -0.384 e. The van der Waals surface area contributed by atoms with Gasteiger partial charge < -0.3 is 15.0 Å². The molecule has 3 N–H and O–H groups in total. The largest absolute Gasteiger partial charge is 0.384 e. The molecular weight excluding hydrogens is 274 g/mol. The van der Waals surface area contributed by atoms with Crippen LogP contribution in [0.15, 0.2) is 24.4 Å². The smallest absolute Gasteiger partial charge is 0.124 e. The summed E-state index contributed by atoms with van der Waals surface area (Å²) in [6, 6.07) is 5.75. The number of amidine groups is 1. The number of rotatable bonds is 3.